The van der Waals surface area contributed by atoms with Crippen molar-refractivity contribution in [1.29, 1.82) is 0 Å². The van der Waals surface area contributed by atoms with Crippen molar-refractivity contribution >= 4 is 22.9 Å². The highest BCUT2D eigenvalue weighted by Gasteiger charge is 2.00. The van der Waals surface area contributed by atoms with Gasteiger partial charge in [-0.25, -0.2) is 0 Å². The summed E-state index contributed by atoms with van der Waals surface area (Å²) in [5, 5.41) is 8.21. The largest absolute Gasteiger partial charge is 0.382 e. The Bertz CT molecular complexity index is 231. The first kappa shape index (κ1) is 9.85. The highest BCUT2D eigenvalue weighted by molar-refractivity contribution is 7.15. The van der Waals surface area contributed by atoms with Gasteiger partial charge in [0.15, 0.2) is 0 Å². The molecule has 0 radical (unpaired) electrons. The molecular weight excluding hydrogens is 200 g/mol. The lowest BCUT2D eigenvalue weighted by molar-refractivity contribution is 0.0613. The number of aromatic nitrogens is 2. The Balaban J connectivity index is 2.15. The summed E-state index contributed by atoms with van der Waals surface area (Å²) in [5.41, 5.74) is 0. The van der Waals surface area contributed by atoms with Gasteiger partial charge in [-0.3, -0.25) is 0 Å². The summed E-state index contributed by atoms with van der Waals surface area (Å²) in [6.07, 6.45) is 0. The standard InChI is InChI=1S/C6H9ClN2O2S/c1-10-2-3-11-4-5-8-9-6(7)12-5/h2-4H2,1H3. The van der Waals surface area contributed by atoms with Gasteiger partial charge in [0.2, 0.25) is 4.47 Å². The number of rotatable bonds is 5. The van der Waals surface area contributed by atoms with E-state index < -0.39 is 0 Å². The molecule has 0 bridgehead atoms. The molecule has 0 N–H and O–H groups in total. The van der Waals surface area contributed by atoms with Crippen LogP contribution in [0.5, 0.6) is 0 Å². The van der Waals surface area contributed by atoms with Crippen molar-refractivity contribution in [2.75, 3.05) is 20.3 Å². The maximum absolute atomic E-state index is 5.57. The molecule has 0 amide bonds. The van der Waals surface area contributed by atoms with Gasteiger partial charge < -0.3 is 9.47 Å². The third-order valence-corrected chi connectivity index (χ3v) is 2.09. The van der Waals surface area contributed by atoms with Crippen molar-refractivity contribution in [3.8, 4) is 0 Å². The van der Waals surface area contributed by atoms with E-state index in [9.17, 15) is 0 Å². The van der Waals surface area contributed by atoms with Crippen molar-refractivity contribution in [3.63, 3.8) is 0 Å². The van der Waals surface area contributed by atoms with Gasteiger partial charge in [-0.15, -0.1) is 10.2 Å². The maximum atomic E-state index is 5.57. The van der Waals surface area contributed by atoms with Gasteiger partial charge in [0.05, 0.1) is 13.2 Å². The van der Waals surface area contributed by atoms with Crippen LogP contribution in [0.25, 0.3) is 0 Å². The molecule has 68 valence electrons. The second-order valence-corrected chi connectivity index (χ2v) is 3.64. The molecule has 1 rings (SSSR count). The molecule has 12 heavy (non-hydrogen) atoms. The van der Waals surface area contributed by atoms with Gasteiger partial charge in [0.1, 0.15) is 11.6 Å². The minimum absolute atomic E-state index is 0.445. The Morgan fingerprint density at radius 1 is 1.42 bits per heavy atom. The van der Waals surface area contributed by atoms with E-state index in [1.807, 2.05) is 0 Å². The second kappa shape index (κ2) is 5.42. The first-order valence-corrected chi connectivity index (χ1v) is 4.57. The fourth-order valence-corrected chi connectivity index (χ4v) is 1.40. The van der Waals surface area contributed by atoms with Crippen molar-refractivity contribution in [2.45, 2.75) is 6.61 Å². The van der Waals surface area contributed by atoms with Crippen LogP contribution < -0.4 is 0 Å². The molecule has 0 saturated carbocycles. The van der Waals surface area contributed by atoms with Gasteiger partial charge in [-0.2, -0.15) is 0 Å². The van der Waals surface area contributed by atoms with Crippen molar-refractivity contribution in [3.05, 3.63) is 9.47 Å². The van der Waals surface area contributed by atoms with Gasteiger partial charge >= 0.3 is 0 Å². The van der Waals surface area contributed by atoms with E-state index in [-0.39, 0.29) is 0 Å². The molecule has 0 spiro atoms. The van der Waals surface area contributed by atoms with Crippen LogP contribution in [0, 0.1) is 0 Å². The van der Waals surface area contributed by atoms with E-state index in [1.54, 1.807) is 7.11 Å². The molecule has 0 saturated heterocycles. The van der Waals surface area contributed by atoms with Crippen LogP contribution in [0.4, 0.5) is 0 Å². The van der Waals surface area contributed by atoms with Crippen LogP contribution in [0.15, 0.2) is 0 Å². The molecule has 0 fully saturated rings. The van der Waals surface area contributed by atoms with E-state index in [0.29, 0.717) is 24.3 Å². The number of ether oxygens (including phenoxy) is 2. The van der Waals surface area contributed by atoms with Crippen LogP contribution >= 0.6 is 22.9 Å². The number of methoxy groups -OCH3 is 1. The van der Waals surface area contributed by atoms with Crippen LogP contribution in [0.2, 0.25) is 4.47 Å². The quantitative estimate of drug-likeness (QED) is 0.686. The maximum Gasteiger partial charge on any atom is 0.207 e. The molecule has 1 aromatic rings. The number of halogens is 1. The van der Waals surface area contributed by atoms with E-state index >= 15 is 0 Å². The van der Waals surface area contributed by atoms with E-state index in [2.05, 4.69) is 10.2 Å². The minimum Gasteiger partial charge on any atom is -0.382 e. The molecule has 4 nitrogen and oxygen atoms in total. The van der Waals surface area contributed by atoms with Gasteiger partial charge in [0.25, 0.3) is 0 Å². The monoisotopic (exact) mass is 208 g/mol. The molecule has 0 aliphatic heterocycles. The van der Waals surface area contributed by atoms with Crippen LogP contribution in [-0.4, -0.2) is 30.5 Å². The minimum atomic E-state index is 0.445. The summed E-state index contributed by atoms with van der Waals surface area (Å²) in [4.78, 5) is 0. The summed E-state index contributed by atoms with van der Waals surface area (Å²) < 4.78 is 10.4. The number of nitrogens with zero attached hydrogens (tertiary/aromatic N) is 2. The lowest BCUT2D eigenvalue weighted by Crippen LogP contribution is -2.01. The van der Waals surface area contributed by atoms with Crippen LogP contribution in [0.3, 0.4) is 0 Å². The predicted octanol–water partition coefficient (Wildman–Crippen LogP) is 1.35. The third-order valence-electron chi connectivity index (χ3n) is 1.10. The van der Waals surface area contributed by atoms with Crippen molar-refractivity contribution in [1.82, 2.24) is 10.2 Å². The van der Waals surface area contributed by atoms with Gasteiger partial charge in [-0.1, -0.05) is 11.3 Å². The lowest BCUT2D eigenvalue weighted by Gasteiger charge is -1.98. The Hall–Kier alpha value is -0.230. The fourth-order valence-electron chi connectivity index (χ4n) is 0.593. The Morgan fingerprint density at radius 3 is 2.83 bits per heavy atom. The average Bonchev–Trinajstić information content (AvgIpc) is 2.45. The SMILES string of the molecule is COCCOCc1nnc(Cl)s1. The summed E-state index contributed by atoms with van der Waals surface area (Å²) in [6.45, 7) is 1.61. The number of hydrogen-bond acceptors (Lipinski definition) is 5. The molecule has 0 aromatic carbocycles. The van der Waals surface area contributed by atoms with Gasteiger partial charge in [0, 0.05) is 7.11 Å². The molecule has 0 unspecified atom stereocenters. The second-order valence-electron chi connectivity index (χ2n) is 1.99. The highest BCUT2D eigenvalue weighted by atomic mass is 35.5. The molecule has 1 aromatic heterocycles. The summed E-state index contributed by atoms with van der Waals surface area (Å²) in [6, 6.07) is 0. The first-order valence-electron chi connectivity index (χ1n) is 3.37. The molecule has 0 aliphatic carbocycles. The zero-order valence-corrected chi connectivity index (χ0v) is 8.19. The van der Waals surface area contributed by atoms with Crippen LogP contribution in [-0.2, 0) is 16.1 Å². The lowest BCUT2D eigenvalue weighted by atomic mass is 10.7. The van der Waals surface area contributed by atoms with Gasteiger partial charge in [-0.05, 0) is 11.6 Å². The Morgan fingerprint density at radius 2 is 2.25 bits per heavy atom. The first-order chi connectivity index (χ1) is 5.83. The molecule has 1 heterocycles. The van der Waals surface area contributed by atoms with E-state index in [4.69, 9.17) is 21.1 Å². The van der Waals surface area contributed by atoms with E-state index in [1.165, 1.54) is 11.3 Å². The van der Waals surface area contributed by atoms with Crippen molar-refractivity contribution < 1.29 is 9.47 Å². The van der Waals surface area contributed by atoms with Crippen LogP contribution in [0.1, 0.15) is 5.01 Å². The Labute approximate surface area is 79.5 Å². The molecular formula is C6H9ClN2O2S. The highest BCUT2D eigenvalue weighted by Crippen LogP contribution is 2.15. The topological polar surface area (TPSA) is 44.2 Å². The number of hydrogen-bond donors (Lipinski definition) is 0. The third kappa shape index (κ3) is 3.44. The Kier molecular flexibility index (Phi) is 4.45. The smallest absolute Gasteiger partial charge is 0.207 e. The molecule has 0 aliphatic rings. The fraction of sp³-hybridized carbons (Fsp3) is 0.667. The summed E-state index contributed by atoms with van der Waals surface area (Å²) in [7, 11) is 1.63. The average molecular weight is 209 g/mol. The molecule has 6 heteroatoms. The van der Waals surface area contributed by atoms with E-state index in [0.717, 1.165) is 5.01 Å². The zero-order valence-electron chi connectivity index (χ0n) is 6.62. The summed E-state index contributed by atoms with van der Waals surface area (Å²) in [5.74, 6) is 0. The normalized spacial score (nSPS) is 10.5. The van der Waals surface area contributed by atoms with Crippen molar-refractivity contribution in [2.24, 2.45) is 0 Å². The zero-order chi connectivity index (χ0) is 8.81. The summed E-state index contributed by atoms with van der Waals surface area (Å²) >= 11 is 6.89. The molecule has 0 atom stereocenters. The predicted molar refractivity (Wildman–Crippen MR) is 46.5 cm³/mol.